The predicted octanol–water partition coefficient (Wildman–Crippen LogP) is 14.9. The second kappa shape index (κ2) is 53.9. The monoisotopic (exact) mass is 1090 g/mol. The molecule has 6 N–H and O–H groups in total. The van der Waals surface area contributed by atoms with Crippen molar-refractivity contribution >= 4 is 11.9 Å². The minimum Gasteiger partial charge on any atom is -0.454 e. The van der Waals surface area contributed by atoms with Crippen LogP contribution in [-0.4, -0.2) is 99.6 Å². The molecule has 1 aliphatic rings. The molecular weight excluding hydrogens is 979 g/mol. The predicted molar refractivity (Wildman–Crippen MR) is 324 cm³/mol. The molecule has 1 aliphatic heterocycles. The lowest BCUT2D eigenvalue weighted by molar-refractivity contribution is -0.305. The van der Waals surface area contributed by atoms with Crippen LogP contribution in [0.15, 0.2) is 109 Å². The Morgan fingerprint density at radius 1 is 0.526 bits per heavy atom. The van der Waals surface area contributed by atoms with Gasteiger partial charge >= 0.3 is 5.97 Å². The minimum atomic E-state index is -1.63. The van der Waals surface area contributed by atoms with E-state index in [0.29, 0.717) is 12.8 Å². The summed E-state index contributed by atoms with van der Waals surface area (Å²) in [5.74, 6) is -1.24. The highest BCUT2D eigenvalue weighted by molar-refractivity contribution is 5.80. The fourth-order valence-electron chi connectivity index (χ4n) is 9.06. The number of carbonyl (C=O) groups is 2. The Labute approximate surface area is 475 Å². The molecule has 11 heteroatoms. The van der Waals surface area contributed by atoms with Gasteiger partial charge in [-0.1, -0.05) is 252 Å². The summed E-state index contributed by atoms with van der Waals surface area (Å²) >= 11 is 0. The summed E-state index contributed by atoms with van der Waals surface area (Å²) < 4.78 is 17.6. The van der Waals surface area contributed by atoms with Crippen LogP contribution in [0.2, 0.25) is 0 Å². The van der Waals surface area contributed by atoms with Gasteiger partial charge in [-0.2, -0.15) is 0 Å². The first kappa shape index (κ1) is 72.3. The van der Waals surface area contributed by atoms with E-state index in [9.17, 15) is 35.1 Å². The number of esters is 1. The van der Waals surface area contributed by atoms with Gasteiger partial charge in [0.1, 0.15) is 24.4 Å². The van der Waals surface area contributed by atoms with Crippen LogP contribution in [0.25, 0.3) is 0 Å². The van der Waals surface area contributed by atoms with E-state index in [4.69, 9.17) is 14.2 Å². The van der Waals surface area contributed by atoms with Gasteiger partial charge in [0.15, 0.2) is 12.4 Å². The molecule has 11 nitrogen and oxygen atoms in total. The van der Waals surface area contributed by atoms with Crippen LogP contribution in [0.5, 0.6) is 0 Å². The van der Waals surface area contributed by atoms with Crippen molar-refractivity contribution in [2.45, 2.75) is 288 Å². The van der Waals surface area contributed by atoms with E-state index in [-0.39, 0.29) is 19.4 Å². The molecule has 0 aromatic rings. The van der Waals surface area contributed by atoms with E-state index in [1.54, 1.807) is 6.08 Å². The van der Waals surface area contributed by atoms with Gasteiger partial charge in [-0.15, -0.1) is 0 Å². The molecule has 78 heavy (non-hydrogen) atoms. The molecule has 446 valence electrons. The number of rotatable bonds is 51. The fourth-order valence-corrected chi connectivity index (χ4v) is 9.06. The third-order valence-electron chi connectivity index (χ3n) is 14.0. The second-order valence-corrected chi connectivity index (χ2v) is 21.1. The van der Waals surface area contributed by atoms with Crippen molar-refractivity contribution < 1.29 is 49.3 Å². The summed E-state index contributed by atoms with van der Waals surface area (Å²) in [5.41, 5.74) is 0. The molecule has 0 aromatic heterocycles. The van der Waals surface area contributed by atoms with Crippen LogP contribution in [0.1, 0.15) is 239 Å². The van der Waals surface area contributed by atoms with Gasteiger partial charge in [0.05, 0.1) is 25.4 Å². The molecule has 0 bridgehead atoms. The van der Waals surface area contributed by atoms with Crippen LogP contribution in [0, 0.1) is 0 Å². The lowest BCUT2D eigenvalue weighted by atomic mass is 9.99. The molecular formula is C67H113NO10. The number of aliphatic hydroxyl groups excluding tert-OH is 5. The molecule has 0 saturated carbocycles. The van der Waals surface area contributed by atoms with E-state index in [0.717, 1.165) is 122 Å². The minimum absolute atomic E-state index is 0.102. The van der Waals surface area contributed by atoms with Gasteiger partial charge in [0.2, 0.25) is 5.91 Å². The number of carbonyl (C=O) groups excluding carboxylic acids is 2. The van der Waals surface area contributed by atoms with Crippen molar-refractivity contribution in [3.8, 4) is 0 Å². The summed E-state index contributed by atoms with van der Waals surface area (Å²) in [7, 11) is 0. The van der Waals surface area contributed by atoms with E-state index < -0.39 is 67.4 Å². The van der Waals surface area contributed by atoms with Crippen molar-refractivity contribution in [1.29, 1.82) is 0 Å². The number of unbranched alkanes of at least 4 members (excludes halogenated alkanes) is 24. The maximum Gasteiger partial charge on any atom is 0.306 e. The number of allylic oxidation sites excluding steroid dienone is 17. The first-order chi connectivity index (χ1) is 38.2. The summed E-state index contributed by atoms with van der Waals surface area (Å²) in [5, 5.41) is 56.9. The Bertz CT molecular complexity index is 1680. The largest absolute Gasteiger partial charge is 0.454 e. The zero-order chi connectivity index (χ0) is 56.8. The Hall–Kier alpha value is -3.68. The highest BCUT2D eigenvalue weighted by Gasteiger charge is 2.47. The zero-order valence-electron chi connectivity index (χ0n) is 49.2. The van der Waals surface area contributed by atoms with E-state index in [1.807, 2.05) is 42.5 Å². The standard InChI is InChI=1S/C67H113NO10/c1-4-7-10-13-16-19-22-25-27-28-29-30-31-32-33-34-35-37-40-43-46-49-52-55-62(72)78-65-64(74)63(73)61(56-69)77-67(65)76-57-58(59(70)53-50-47-44-41-38-24-21-18-15-12-9-6-3)68-66(75)60(71)54-51-48-45-42-39-36-26-23-20-17-14-11-8-5-2/h8,11,14,16-17,19-20,23,25-27,29-30,32-33,36,50,53,58-61,63-65,67,69-71,73-74H,4-7,9-10,12-13,15,18,21-22,24,28,31,34-35,37-49,51-52,54-57H2,1-3H3,(H,68,75)/b11-8+,17-14+,19-16-,23-20+,27-25-,30-29-,33-32-,36-26-,53-50+. The van der Waals surface area contributed by atoms with E-state index >= 15 is 0 Å². The number of hydrogen-bond acceptors (Lipinski definition) is 10. The number of aliphatic hydroxyl groups is 5. The Morgan fingerprint density at radius 2 is 0.974 bits per heavy atom. The number of amides is 1. The van der Waals surface area contributed by atoms with Gasteiger partial charge in [-0.05, 0) is 89.9 Å². The van der Waals surface area contributed by atoms with Crippen LogP contribution in [0.3, 0.4) is 0 Å². The molecule has 1 amide bonds. The molecule has 0 aliphatic carbocycles. The Morgan fingerprint density at radius 3 is 1.53 bits per heavy atom. The van der Waals surface area contributed by atoms with Gasteiger partial charge in [-0.25, -0.2) is 0 Å². The van der Waals surface area contributed by atoms with Gasteiger partial charge in [0.25, 0.3) is 0 Å². The summed E-state index contributed by atoms with van der Waals surface area (Å²) in [6.07, 6.45) is 62.6. The Kier molecular flexibility index (Phi) is 50.0. The summed E-state index contributed by atoms with van der Waals surface area (Å²) in [6, 6.07) is -1.05. The summed E-state index contributed by atoms with van der Waals surface area (Å²) in [4.78, 5) is 26.5. The van der Waals surface area contributed by atoms with Crippen molar-refractivity contribution in [1.82, 2.24) is 5.32 Å². The van der Waals surface area contributed by atoms with Crippen LogP contribution < -0.4 is 5.32 Å². The maximum atomic E-state index is 13.4. The number of ether oxygens (including phenoxy) is 3. The topological polar surface area (TPSA) is 175 Å². The zero-order valence-corrected chi connectivity index (χ0v) is 49.2. The Balaban J connectivity index is 2.67. The second-order valence-electron chi connectivity index (χ2n) is 21.1. The molecule has 8 atom stereocenters. The average Bonchev–Trinajstić information content (AvgIpc) is 3.45. The molecule has 0 radical (unpaired) electrons. The molecule has 8 unspecified atom stereocenters. The highest BCUT2D eigenvalue weighted by Crippen LogP contribution is 2.26. The molecule has 1 fully saturated rings. The molecule has 1 heterocycles. The van der Waals surface area contributed by atoms with Gasteiger partial charge < -0.3 is 45.1 Å². The van der Waals surface area contributed by atoms with E-state index in [1.165, 1.54) is 70.6 Å². The molecule has 1 rings (SSSR count). The molecule has 0 spiro atoms. The first-order valence-electron chi connectivity index (χ1n) is 31.2. The summed E-state index contributed by atoms with van der Waals surface area (Å²) in [6.45, 7) is 5.59. The normalized spacial score (nSPS) is 19.7. The average molecular weight is 1090 g/mol. The molecule has 0 aromatic carbocycles. The highest BCUT2D eigenvalue weighted by atomic mass is 16.7. The van der Waals surface area contributed by atoms with Gasteiger partial charge in [0, 0.05) is 6.42 Å². The molecule has 1 saturated heterocycles. The third kappa shape index (κ3) is 41.3. The van der Waals surface area contributed by atoms with Crippen molar-refractivity contribution in [3.63, 3.8) is 0 Å². The lowest BCUT2D eigenvalue weighted by Crippen LogP contribution is -2.61. The smallest absolute Gasteiger partial charge is 0.306 e. The van der Waals surface area contributed by atoms with Crippen LogP contribution >= 0.6 is 0 Å². The van der Waals surface area contributed by atoms with E-state index in [2.05, 4.69) is 86.8 Å². The van der Waals surface area contributed by atoms with Crippen molar-refractivity contribution in [2.24, 2.45) is 0 Å². The fraction of sp³-hybridized carbons (Fsp3) is 0.701. The van der Waals surface area contributed by atoms with Crippen LogP contribution in [0.4, 0.5) is 0 Å². The maximum absolute atomic E-state index is 13.4. The lowest BCUT2D eigenvalue weighted by Gasteiger charge is -2.41. The quantitative estimate of drug-likeness (QED) is 0.0149. The van der Waals surface area contributed by atoms with Gasteiger partial charge in [-0.3, -0.25) is 9.59 Å². The first-order valence-corrected chi connectivity index (χ1v) is 31.2. The number of nitrogens with one attached hydrogen (secondary N) is 1. The SMILES string of the molecule is CC/C=C/C=C/C=C/C=C\CCCCCCC(O)C(=O)NC(COC1OC(CO)C(O)C(O)C1OC(=O)CCCCCCCCC/C=C\C/C=C\C/C=C\C/C=C\CCCCC)C(O)/C=C/CCCCCCCCCCCC. The number of hydrogen-bond donors (Lipinski definition) is 6. The van der Waals surface area contributed by atoms with Crippen LogP contribution in [-0.2, 0) is 23.8 Å². The van der Waals surface area contributed by atoms with Crippen molar-refractivity contribution in [3.05, 3.63) is 109 Å². The third-order valence-corrected chi connectivity index (χ3v) is 14.0. The van der Waals surface area contributed by atoms with Crippen molar-refractivity contribution in [2.75, 3.05) is 13.2 Å².